The second-order valence-electron chi connectivity index (χ2n) is 4.31. The summed E-state index contributed by atoms with van der Waals surface area (Å²) in [7, 11) is -2.11. The van der Waals surface area contributed by atoms with Gasteiger partial charge in [0.2, 0.25) is 10.0 Å². The molecule has 0 aliphatic rings. The predicted molar refractivity (Wildman–Crippen MR) is 81.1 cm³/mol. The van der Waals surface area contributed by atoms with Crippen molar-refractivity contribution < 1.29 is 13.2 Å². The summed E-state index contributed by atoms with van der Waals surface area (Å²) in [6.07, 6.45) is 3.95. The summed E-state index contributed by atoms with van der Waals surface area (Å²) in [5, 5.41) is 0.257. The maximum Gasteiger partial charge on any atom is 0.240 e. The van der Waals surface area contributed by atoms with E-state index in [9.17, 15) is 8.42 Å². The number of hydrogen-bond acceptors (Lipinski definition) is 4. The molecular formula is C14H15ClN2O3S. The lowest BCUT2D eigenvalue weighted by Gasteiger charge is -2.09. The van der Waals surface area contributed by atoms with Crippen molar-refractivity contribution in [3.8, 4) is 5.75 Å². The number of halogens is 1. The molecule has 1 aromatic carbocycles. The van der Waals surface area contributed by atoms with E-state index in [0.29, 0.717) is 12.2 Å². The van der Waals surface area contributed by atoms with Crippen LogP contribution in [0.4, 0.5) is 0 Å². The normalized spacial score (nSPS) is 11.3. The molecule has 0 atom stereocenters. The topological polar surface area (TPSA) is 68.3 Å². The average molecular weight is 327 g/mol. The Bertz CT molecular complexity index is 705. The van der Waals surface area contributed by atoms with Crippen molar-refractivity contribution in [2.45, 2.75) is 11.3 Å². The fraction of sp³-hybridized carbons (Fsp3) is 0.214. The predicted octanol–water partition coefficient (Wildman–Crippen LogP) is 2.26. The van der Waals surface area contributed by atoms with Crippen molar-refractivity contribution in [1.82, 2.24) is 9.71 Å². The lowest BCUT2D eigenvalue weighted by molar-refractivity contribution is 0.414. The zero-order valence-corrected chi connectivity index (χ0v) is 13.0. The van der Waals surface area contributed by atoms with Crippen LogP contribution in [0.5, 0.6) is 5.75 Å². The molecule has 0 saturated heterocycles. The van der Waals surface area contributed by atoms with Gasteiger partial charge in [-0.25, -0.2) is 13.1 Å². The molecule has 112 valence electrons. The molecule has 0 spiro atoms. The van der Waals surface area contributed by atoms with Crippen molar-refractivity contribution in [1.29, 1.82) is 0 Å². The Labute approximate surface area is 129 Å². The minimum absolute atomic E-state index is 0.111. The van der Waals surface area contributed by atoms with Crippen molar-refractivity contribution in [3.63, 3.8) is 0 Å². The Morgan fingerprint density at radius 1 is 1.33 bits per heavy atom. The van der Waals surface area contributed by atoms with Crippen molar-refractivity contribution in [2.75, 3.05) is 13.7 Å². The van der Waals surface area contributed by atoms with Gasteiger partial charge in [-0.3, -0.25) is 4.98 Å². The molecule has 0 aliphatic heterocycles. The van der Waals surface area contributed by atoms with Gasteiger partial charge in [0.25, 0.3) is 0 Å². The molecule has 2 rings (SSSR count). The first kappa shape index (κ1) is 15.8. The van der Waals surface area contributed by atoms with Gasteiger partial charge in [0, 0.05) is 18.9 Å². The molecular weight excluding hydrogens is 312 g/mol. The highest BCUT2D eigenvalue weighted by Crippen LogP contribution is 2.26. The van der Waals surface area contributed by atoms with Crippen LogP contribution in [0, 0.1) is 0 Å². The first-order valence-corrected chi connectivity index (χ1v) is 8.11. The molecule has 21 heavy (non-hydrogen) atoms. The molecule has 1 aromatic heterocycles. The van der Waals surface area contributed by atoms with Crippen LogP contribution in [0.3, 0.4) is 0 Å². The number of benzene rings is 1. The molecule has 2 aromatic rings. The second-order valence-corrected chi connectivity index (χ2v) is 6.48. The van der Waals surface area contributed by atoms with Gasteiger partial charge < -0.3 is 4.74 Å². The Morgan fingerprint density at radius 2 is 2.14 bits per heavy atom. The molecule has 0 bridgehead atoms. The largest absolute Gasteiger partial charge is 0.495 e. The first-order valence-electron chi connectivity index (χ1n) is 6.25. The van der Waals surface area contributed by atoms with Crippen LogP contribution >= 0.6 is 11.6 Å². The number of methoxy groups -OCH3 is 1. The number of nitrogens with zero attached hydrogens (tertiary/aromatic N) is 1. The number of hydrogen-bond donors (Lipinski definition) is 1. The number of sulfonamides is 1. The van der Waals surface area contributed by atoms with Crippen LogP contribution in [-0.2, 0) is 16.4 Å². The van der Waals surface area contributed by atoms with Gasteiger partial charge in [-0.1, -0.05) is 17.7 Å². The Balaban J connectivity index is 2.03. The molecule has 0 radical (unpaired) electrons. The fourth-order valence-electron chi connectivity index (χ4n) is 1.77. The SMILES string of the molecule is COc1ccc(S(=O)(=O)NCCc2cccnc2)cc1Cl. The number of aromatic nitrogens is 1. The van der Waals surface area contributed by atoms with Crippen LogP contribution in [0.25, 0.3) is 0 Å². The highest BCUT2D eigenvalue weighted by molar-refractivity contribution is 7.89. The summed E-state index contributed by atoms with van der Waals surface area (Å²) in [5.41, 5.74) is 0.966. The third-order valence-corrected chi connectivity index (χ3v) is 4.62. The lowest BCUT2D eigenvalue weighted by Crippen LogP contribution is -2.26. The minimum Gasteiger partial charge on any atom is -0.495 e. The number of ether oxygens (including phenoxy) is 1. The first-order chi connectivity index (χ1) is 10.0. The van der Waals surface area contributed by atoms with Gasteiger partial charge >= 0.3 is 0 Å². The van der Waals surface area contributed by atoms with Gasteiger partial charge in [0.15, 0.2) is 0 Å². The fourth-order valence-corrected chi connectivity index (χ4v) is 3.15. The summed E-state index contributed by atoms with van der Waals surface area (Å²) < 4.78 is 31.8. The standard InChI is InChI=1S/C14H15ClN2O3S/c1-20-14-5-4-12(9-13(14)15)21(18,19)17-8-6-11-3-2-7-16-10-11/h2-5,7,9-10,17H,6,8H2,1H3. The highest BCUT2D eigenvalue weighted by atomic mass is 35.5. The molecule has 0 unspecified atom stereocenters. The average Bonchev–Trinajstić information content (AvgIpc) is 2.48. The van der Waals surface area contributed by atoms with Gasteiger partial charge in [0.05, 0.1) is 17.0 Å². The summed E-state index contributed by atoms with van der Waals surface area (Å²) in [4.78, 5) is 4.09. The van der Waals surface area contributed by atoms with E-state index in [0.717, 1.165) is 5.56 Å². The molecule has 7 heteroatoms. The van der Waals surface area contributed by atoms with Gasteiger partial charge in [-0.05, 0) is 36.2 Å². The van der Waals surface area contributed by atoms with Crippen LogP contribution in [0.2, 0.25) is 5.02 Å². The molecule has 0 saturated carbocycles. The second kappa shape index (κ2) is 6.89. The zero-order valence-electron chi connectivity index (χ0n) is 11.4. The molecule has 1 N–H and O–H groups in total. The van der Waals surface area contributed by atoms with Crippen LogP contribution < -0.4 is 9.46 Å². The molecule has 0 amide bonds. The maximum absolute atomic E-state index is 12.1. The van der Waals surface area contributed by atoms with Crippen LogP contribution in [-0.4, -0.2) is 27.1 Å². The Morgan fingerprint density at radius 3 is 2.76 bits per heavy atom. The quantitative estimate of drug-likeness (QED) is 0.884. The Kier molecular flexibility index (Phi) is 5.17. The van der Waals surface area contributed by atoms with Crippen molar-refractivity contribution in [3.05, 3.63) is 53.3 Å². The molecule has 5 nitrogen and oxygen atoms in total. The third kappa shape index (κ3) is 4.17. The van der Waals surface area contributed by atoms with E-state index in [1.54, 1.807) is 12.4 Å². The van der Waals surface area contributed by atoms with E-state index in [-0.39, 0.29) is 16.5 Å². The van der Waals surface area contributed by atoms with Gasteiger partial charge in [0.1, 0.15) is 5.75 Å². The van der Waals surface area contributed by atoms with E-state index in [2.05, 4.69) is 9.71 Å². The van der Waals surface area contributed by atoms with E-state index >= 15 is 0 Å². The summed E-state index contributed by atoms with van der Waals surface area (Å²) in [6, 6.07) is 8.06. The number of rotatable bonds is 6. The zero-order chi connectivity index (χ0) is 15.3. The highest BCUT2D eigenvalue weighted by Gasteiger charge is 2.15. The smallest absolute Gasteiger partial charge is 0.240 e. The minimum atomic E-state index is -3.59. The van der Waals surface area contributed by atoms with Crippen LogP contribution in [0.15, 0.2) is 47.6 Å². The van der Waals surface area contributed by atoms with E-state index in [4.69, 9.17) is 16.3 Å². The number of pyridine rings is 1. The summed E-state index contributed by atoms with van der Waals surface area (Å²) in [5.74, 6) is 0.436. The maximum atomic E-state index is 12.1. The monoisotopic (exact) mass is 326 g/mol. The van der Waals surface area contributed by atoms with Crippen molar-refractivity contribution >= 4 is 21.6 Å². The van der Waals surface area contributed by atoms with Gasteiger partial charge in [-0.2, -0.15) is 0 Å². The van der Waals surface area contributed by atoms with Gasteiger partial charge in [-0.15, -0.1) is 0 Å². The molecule has 0 fully saturated rings. The van der Waals surface area contributed by atoms with Crippen LogP contribution in [0.1, 0.15) is 5.56 Å². The van der Waals surface area contributed by atoms with E-state index < -0.39 is 10.0 Å². The molecule has 0 aliphatic carbocycles. The molecule has 1 heterocycles. The summed E-state index contributed by atoms with van der Waals surface area (Å²) >= 11 is 5.94. The van der Waals surface area contributed by atoms with E-state index in [1.807, 2.05) is 12.1 Å². The summed E-state index contributed by atoms with van der Waals surface area (Å²) in [6.45, 7) is 0.289. The third-order valence-electron chi connectivity index (χ3n) is 2.86. The van der Waals surface area contributed by atoms with E-state index in [1.165, 1.54) is 25.3 Å². The number of nitrogens with one attached hydrogen (secondary N) is 1. The Hall–Kier alpha value is -1.63. The lowest BCUT2D eigenvalue weighted by atomic mass is 10.2. The van der Waals surface area contributed by atoms with Crippen molar-refractivity contribution in [2.24, 2.45) is 0 Å².